The standard InChI is InChI=1S/C58H52O9/c1-32-21-51(64)46-24-43(32)56(39-13-5-35(29-60)6-14-39)44-25-47(52(65)22-33(44)2)58(41-17-9-37(31-62)10-18-41)49-26-48(53(66)27-54(49)67)57(40-15-7-36(30-61)8-16-40)45-23-42(19-20-50(45)63)55(46)38-11-3-34(28-59)4-12-38/h3-27,55-67H,28-31H2,1-2H3. The zero-order chi connectivity index (χ0) is 47.1. The highest BCUT2D eigenvalue weighted by Gasteiger charge is 2.33. The van der Waals surface area contributed by atoms with Crippen LogP contribution in [0.1, 0.15) is 124 Å². The molecule has 1 aliphatic rings. The van der Waals surface area contributed by atoms with Gasteiger partial charge in [0.15, 0.2) is 0 Å². The summed E-state index contributed by atoms with van der Waals surface area (Å²) in [5.74, 6) is -3.44. The lowest BCUT2D eigenvalue weighted by Gasteiger charge is -2.30. The number of rotatable bonds is 8. The van der Waals surface area contributed by atoms with E-state index in [4.69, 9.17) is 0 Å². The minimum Gasteiger partial charge on any atom is -0.508 e. The number of aliphatic hydroxyl groups is 4. The fourth-order valence-corrected chi connectivity index (χ4v) is 9.99. The quantitative estimate of drug-likeness (QED) is 0.0717. The summed E-state index contributed by atoms with van der Waals surface area (Å²) in [5.41, 5.74) is 11.8. The zero-order valence-electron chi connectivity index (χ0n) is 37.1. The average Bonchev–Trinajstić information content (AvgIpc) is 3.34. The summed E-state index contributed by atoms with van der Waals surface area (Å²) in [5, 5.41) is 101. The van der Waals surface area contributed by atoms with Crippen LogP contribution in [0, 0.1) is 13.8 Å². The Labute approximate surface area is 389 Å². The van der Waals surface area contributed by atoms with E-state index in [1.807, 2.05) is 111 Å². The third kappa shape index (κ3) is 8.39. The van der Waals surface area contributed by atoms with E-state index in [9.17, 15) is 46.0 Å². The fourth-order valence-electron chi connectivity index (χ4n) is 9.99. The lowest BCUT2D eigenvalue weighted by molar-refractivity contribution is 0.281. The van der Waals surface area contributed by atoms with Gasteiger partial charge in [-0.25, -0.2) is 0 Å². The van der Waals surface area contributed by atoms with Gasteiger partial charge >= 0.3 is 0 Å². The largest absolute Gasteiger partial charge is 0.508 e. The summed E-state index contributed by atoms with van der Waals surface area (Å²) in [4.78, 5) is 0. The van der Waals surface area contributed by atoms with Gasteiger partial charge in [0.1, 0.15) is 28.7 Å². The topological polar surface area (TPSA) is 182 Å². The molecule has 0 aliphatic heterocycles. The highest BCUT2D eigenvalue weighted by atomic mass is 16.3. The molecule has 9 rings (SSSR count). The van der Waals surface area contributed by atoms with Crippen molar-refractivity contribution < 1.29 is 46.0 Å². The second-order valence-corrected chi connectivity index (χ2v) is 17.7. The summed E-state index contributed by atoms with van der Waals surface area (Å²) in [6.07, 6.45) is 0. The summed E-state index contributed by atoms with van der Waals surface area (Å²) in [7, 11) is 0. The molecule has 67 heavy (non-hydrogen) atoms. The van der Waals surface area contributed by atoms with E-state index >= 15 is 0 Å². The van der Waals surface area contributed by atoms with Gasteiger partial charge in [-0.05, 0) is 123 Å². The van der Waals surface area contributed by atoms with Crippen molar-refractivity contribution in [2.75, 3.05) is 0 Å². The molecule has 4 unspecified atom stereocenters. The molecule has 0 amide bonds. The number of phenolic OH excluding ortho intramolecular Hbond substituents is 5. The smallest absolute Gasteiger partial charge is 0.123 e. The number of hydrogen-bond donors (Lipinski definition) is 9. The lowest BCUT2D eigenvalue weighted by atomic mass is 9.74. The molecule has 9 nitrogen and oxygen atoms in total. The molecule has 8 aromatic carbocycles. The molecule has 0 heterocycles. The molecule has 9 heteroatoms. The Morgan fingerprint density at radius 1 is 0.269 bits per heavy atom. The number of benzene rings is 8. The molecule has 0 fully saturated rings. The van der Waals surface area contributed by atoms with Gasteiger partial charge in [-0.3, -0.25) is 0 Å². The van der Waals surface area contributed by atoms with Crippen LogP contribution in [-0.4, -0.2) is 46.0 Å². The summed E-state index contributed by atoms with van der Waals surface area (Å²) >= 11 is 0. The van der Waals surface area contributed by atoms with E-state index in [0.717, 1.165) is 38.9 Å². The van der Waals surface area contributed by atoms with E-state index in [2.05, 4.69) is 0 Å². The van der Waals surface area contributed by atoms with E-state index in [-0.39, 0.29) is 55.2 Å². The first-order valence-electron chi connectivity index (χ1n) is 22.2. The normalized spacial score (nSPS) is 16.7. The van der Waals surface area contributed by atoms with Crippen LogP contribution >= 0.6 is 0 Å². The van der Waals surface area contributed by atoms with Gasteiger partial charge in [-0.1, -0.05) is 109 Å². The molecule has 8 bridgehead atoms. The number of aliphatic hydroxyl groups excluding tert-OH is 4. The minimum atomic E-state index is -0.870. The fraction of sp³-hybridized carbons (Fsp3) is 0.172. The average molecular weight is 893 g/mol. The zero-order valence-corrected chi connectivity index (χ0v) is 37.1. The highest BCUT2D eigenvalue weighted by Crippen LogP contribution is 2.51. The van der Waals surface area contributed by atoms with Crippen molar-refractivity contribution in [1.29, 1.82) is 0 Å². The number of hydrogen-bond acceptors (Lipinski definition) is 9. The van der Waals surface area contributed by atoms with Crippen molar-refractivity contribution in [3.05, 3.63) is 252 Å². The van der Waals surface area contributed by atoms with Gasteiger partial charge in [0, 0.05) is 57.6 Å². The summed E-state index contributed by atoms with van der Waals surface area (Å²) in [6, 6.07) is 45.4. The molecule has 0 aromatic heterocycles. The van der Waals surface area contributed by atoms with Crippen molar-refractivity contribution in [2.24, 2.45) is 0 Å². The number of phenols is 5. The van der Waals surface area contributed by atoms with Crippen LogP contribution in [0.3, 0.4) is 0 Å². The third-order valence-corrected chi connectivity index (χ3v) is 13.6. The van der Waals surface area contributed by atoms with Crippen molar-refractivity contribution in [2.45, 2.75) is 63.9 Å². The monoisotopic (exact) mass is 892 g/mol. The molecule has 1 aliphatic carbocycles. The van der Waals surface area contributed by atoms with Crippen LogP contribution in [0.5, 0.6) is 28.7 Å². The number of fused-ring (bicyclic) bond motifs is 8. The maximum Gasteiger partial charge on any atom is 0.123 e. The SMILES string of the molecule is Cc1cc(O)c2cc1C(c1ccc(CO)cc1)c1cc(c(O)cc1C)C(c1ccc(CO)cc1)c1cc(c(O)cc1O)C(c1ccc(CO)cc1)c1cc(ccc1O)C2c1ccc(CO)cc1. The molecule has 4 atom stereocenters. The second-order valence-electron chi connectivity index (χ2n) is 17.7. The molecular weight excluding hydrogens is 841 g/mol. The molecule has 9 N–H and O–H groups in total. The predicted molar refractivity (Wildman–Crippen MR) is 257 cm³/mol. The Morgan fingerprint density at radius 3 is 0.896 bits per heavy atom. The Kier molecular flexibility index (Phi) is 12.3. The van der Waals surface area contributed by atoms with Gasteiger partial charge in [0.25, 0.3) is 0 Å². The molecule has 338 valence electrons. The van der Waals surface area contributed by atoms with Gasteiger partial charge in [0.05, 0.1) is 26.4 Å². The van der Waals surface area contributed by atoms with E-state index < -0.39 is 23.7 Å². The van der Waals surface area contributed by atoms with Crippen LogP contribution in [0.25, 0.3) is 0 Å². The van der Waals surface area contributed by atoms with Gasteiger partial charge in [-0.2, -0.15) is 0 Å². The van der Waals surface area contributed by atoms with Crippen LogP contribution < -0.4 is 0 Å². The molecule has 0 saturated carbocycles. The van der Waals surface area contributed by atoms with E-state index in [0.29, 0.717) is 61.2 Å². The van der Waals surface area contributed by atoms with Crippen LogP contribution in [0.15, 0.2) is 152 Å². The van der Waals surface area contributed by atoms with Crippen molar-refractivity contribution in [1.82, 2.24) is 0 Å². The lowest BCUT2D eigenvalue weighted by Crippen LogP contribution is -2.14. The molecule has 0 radical (unpaired) electrons. The predicted octanol–water partition coefficient (Wildman–Crippen LogP) is 9.83. The molecule has 8 aromatic rings. The van der Waals surface area contributed by atoms with Crippen LogP contribution in [-0.2, 0) is 26.4 Å². The van der Waals surface area contributed by atoms with E-state index in [1.165, 1.54) is 6.07 Å². The Morgan fingerprint density at radius 2 is 0.537 bits per heavy atom. The minimum absolute atomic E-state index is 0.0362. The molecule has 0 spiro atoms. The third-order valence-electron chi connectivity index (χ3n) is 13.6. The maximum absolute atomic E-state index is 12.2. The van der Waals surface area contributed by atoms with Gasteiger partial charge < -0.3 is 46.0 Å². The summed E-state index contributed by atoms with van der Waals surface area (Å²) < 4.78 is 0. The van der Waals surface area contributed by atoms with E-state index in [1.54, 1.807) is 48.5 Å². The summed E-state index contributed by atoms with van der Waals surface area (Å²) in [6.45, 7) is 3.17. The van der Waals surface area contributed by atoms with Crippen LogP contribution in [0.4, 0.5) is 0 Å². The molecular formula is C58H52O9. The number of aromatic hydroxyl groups is 5. The van der Waals surface area contributed by atoms with Crippen molar-refractivity contribution in [3.8, 4) is 28.7 Å². The van der Waals surface area contributed by atoms with Crippen LogP contribution in [0.2, 0.25) is 0 Å². The second kappa shape index (κ2) is 18.5. The van der Waals surface area contributed by atoms with Crippen molar-refractivity contribution >= 4 is 0 Å². The maximum atomic E-state index is 12.2. The first-order chi connectivity index (χ1) is 32.4. The first kappa shape index (κ1) is 44.8. The van der Waals surface area contributed by atoms with Crippen molar-refractivity contribution in [3.63, 3.8) is 0 Å². The Bertz CT molecular complexity index is 3080. The number of aryl methyl sites for hydroxylation is 2. The Balaban J connectivity index is 1.45. The highest BCUT2D eigenvalue weighted by molar-refractivity contribution is 5.65. The molecule has 0 saturated heterocycles. The van der Waals surface area contributed by atoms with Gasteiger partial charge in [0.2, 0.25) is 0 Å². The van der Waals surface area contributed by atoms with Gasteiger partial charge in [-0.15, -0.1) is 0 Å². The Hall–Kier alpha value is -7.40. The first-order valence-corrected chi connectivity index (χ1v) is 22.2.